The van der Waals surface area contributed by atoms with Gasteiger partial charge in [-0.05, 0) is 29.7 Å². The molecule has 0 saturated heterocycles. The second kappa shape index (κ2) is 8.21. The molecule has 0 heterocycles. The lowest BCUT2D eigenvalue weighted by Gasteiger charge is -2.17. The summed E-state index contributed by atoms with van der Waals surface area (Å²) in [4.78, 5) is 22.5. The molecule has 0 aliphatic rings. The first-order valence-corrected chi connectivity index (χ1v) is 7.78. The van der Waals surface area contributed by atoms with Crippen molar-refractivity contribution in [3.8, 4) is 0 Å². The summed E-state index contributed by atoms with van der Waals surface area (Å²) in [6, 6.07) is 15.1. The van der Waals surface area contributed by atoms with Gasteiger partial charge in [-0.15, -0.1) is 0 Å². The quantitative estimate of drug-likeness (QED) is 0.604. The zero-order chi connectivity index (χ0) is 17.5. The number of nitro benzene ring substituents is 1. The Bertz CT molecular complexity index is 686. The number of hydrogen-bond donors (Lipinski definition) is 2. The summed E-state index contributed by atoms with van der Waals surface area (Å²) in [7, 11) is 0. The number of carbonyl (C=O) groups is 1. The van der Waals surface area contributed by atoms with Crippen molar-refractivity contribution in [1.82, 2.24) is 5.32 Å². The van der Waals surface area contributed by atoms with E-state index in [1.165, 1.54) is 24.3 Å². The van der Waals surface area contributed by atoms with Crippen molar-refractivity contribution in [2.45, 2.75) is 25.4 Å². The van der Waals surface area contributed by atoms with Gasteiger partial charge in [0.2, 0.25) is 5.91 Å². The van der Waals surface area contributed by atoms with E-state index in [9.17, 15) is 20.0 Å². The third-order valence-electron chi connectivity index (χ3n) is 3.89. The van der Waals surface area contributed by atoms with E-state index in [0.717, 1.165) is 5.56 Å². The maximum absolute atomic E-state index is 12.3. The van der Waals surface area contributed by atoms with Crippen LogP contribution in [0, 0.1) is 10.1 Å². The summed E-state index contributed by atoms with van der Waals surface area (Å²) in [6.45, 7) is 1.99. The number of benzene rings is 2. The van der Waals surface area contributed by atoms with Crippen molar-refractivity contribution in [3.05, 3.63) is 75.8 Å². The Kier molecular flexibility index (Phi) is 6.03. The summed E-state index contributed by atoms with van der Waals surface area (Å²) in [5, 5.41) is 23.5. The molecule has 2 N–H and O–H groups in total. The highest BCUT2D eigenvalue weighted by atomic mass is 16.6. The Morgan fingerprint density at radius 1 is 1.12 bits per heavy atom. The SMILES string of the molecule is CCC(C(=O)NCC(O)c1ccc([N+](=O)[O-])cc1)c1ccccc1. The molecule has 126 valence electrons. The normalized spacial score (nSPS) is 13.1. The van der Waals surface area contributed by atoms with Crippen LogP contribution in [0.25, 0.3) is 0 Å². The van der Waals surface area contributed by atoms with Crippen LogP contribution < -0.4 is 5.32 Å². The standard InChI is InChI=1S/C18H20N2O4/c1-2-16(13-6-4-3-5-7-13)18(22)19-12-17(21)14-8-10-15(11-9-14)20(23)24/h3-11,16-17,21H,2,12H2,1H3,(H,19,22). The Morgan fingerprint density at radius 2 is 1.75 bits per heavy atom. The predicted octanol–water partition coefficient (Wildman–Crippen LogP) is 2.94. The smallest absolute Gasteiger partial charge is 0.269 e. The first-order valence-electron chi connectivity index (χ1n) is 7.78. The number of aliphatic hydroxyl groups is 1. The number of nitrogens with one attached hydrogen (secondary N) is 1. The molecule has 2 rings (SSSR count). The second-order valence-electron chi connectivity index (χ2n) is 5.48. The minimum atomic E-state index is -0.914. The first-order chi connectivity index (χ1) is 11.5. The fourth-order valence-electron chi connectivity index (χ4n) is 2.51. The lowest BCUT2D eigenvalue weighted by molar-refractivity contribution is -0.384. The lowest BCUT2D eigenvalue weighted by atomic mass is 9.95. The van der Waals surface area contributed by atoms with Gasteiger partial charge in [-0.2, -0.15) is 0 Å². The maximum Gasteiger partial charge on any atom is 0.269 e. The Hall–Kier alpha value is -2.73. The zero-order valence-electron chi connectivity index (χ0n) is 13.4. The first kappa shape index (κ1) is 17.6. The minimum absolute atomic E-state index is 0.0369. The average molecular weight is 328 g/mol. The number of nitrogens with zero attached hydrogens (tertiary/aromatic N) is 1. The minimum Gasteiger partial charge on any atom is -0.387 e. The van der Waals surface area contributed by atoms with Gasteiger partial charge in [0.05, 0.1) is 16.9 Å². The van der Waals surface area contributed by atoms with Gasteiger partial charge in [0.1, 0.15) is 0 Å². The zero-order valence-corrected chi connectivity index (χ0v) is 13.4. The van der Waals surface area contributed by atoms with Crippen molar-refractivity contribution in [3.63, 3.8) is 0 Å². The van der Waals surface area contributed by atoms with Gasteiger partial charge >= 0.3 is 0 Å². The summed E-state index contributed by atoms with van der Waals surface area (Å²) in [5.41, 5.74) is 1.42. The molecular formula is C18H20N2O4. The molecule has 0 aliphatic carbocycles. The van der Waals surface area contributed by atoms with E-state index < -0.39 is 11.0 Å². The molecule has 2 unspecified atom stereocenters. The van der Waals surface area contributed by atoms with Crippen LogP contribution in [-0.2, 0) is 4.79 Å². The maximum atomic E-state index is 12.3. The van der Waals surface area contributed by atoms with Gasteiger partial charge in [-0.1, -0.05) is 37.3 Å². The molecule has 6 heteroatoms. The largest absolute Gasteiger partial charge is 0.387 e. The molecule has 1 amide bonds. The number of hydrogen-bond acceptors (Lipinski definition) is 4. The molecule has 0 bridgehead atoms. The fourth-order valence-corrected chi connectivity index (χ4v) is 2.51. The van der Waals surface area contributed by atoms with Crippen LogP contribution in [0.4, 0.5) is 5.69 Å². The highest BCUT2D eigenvalue weighted by Crippen LogP contribution is 2.20. The van der Waals surface area contributed by atoms with Gasteiger partial charge < -0.3 is 10.4 Å². The van der Waals surface area contributed by atoms with E-state index in [1.807, 2.05) is 37.3 Å². The molecule has 0 fully saturated rings. The summed E-state index contributed by atoms with van der Waals surface area (Å²) < 4.78 is 0. The van der Waals surface area contributed by atoms with Crippen LogP contribution >= 0.6 is 0 Å². The summed E-state index contributed by atoms with van der Waals surface area (Å²) in [5.74, 6) is -0.417. The van der Waals surface area contributed by atoms with Gasteiger partial charge in [0.15, 0.2) is 0 Å². The number of nitro groups is 1. The van der Waals surface area contributed by atoms with Gasteiger partial charge in [0.25, 0.3) is 5.69 Å². The van der Waals surface area contributed by atoms with Crippen LogP contribution in [-0.4, -0.2) is 22.5 Å². The predicted molar refractivity (Wildman–Crippen MR) is 90.5 cm³/mol. The highest BCUT2D eigenvalue weighted by Gasteiger charge is 2.19. The van der Waals surface area contributed by atoms with Crippen LogP contribution in [0.15, 0.2) is 54.6 Å². The average Bonchev–Trinajstić information content (AvgIpc) is 2.61. The van der Waals surface area contributed by atoms with Crippen molar-refractivity contribution < 1.29 is 14.8 Å². The number of non-ortho nitro benzene ring substituents is 1. The molecule has 0 radical (unpaired) electrons. The van der Waals surface area contributed by atoms with Crippen molar-refractivity contribution in [2.75, 3.05) is 6.54 Å². The molecule has 2 aromatic carbocycles. The Morgan fingerprint density at radius 3 is 2.29 bits per heavy atom. The number of aliphatic hydroxyl groups excluding tert-OH is 1. The molecule has 6 nitrogen and oxygen atoms in total. The molecule has 0 aromatic heterocycles. The topological polar surface area (TPSA) is 92.5 Å². The van der Waals surface area contributed by atoms with Gasteiger partial charge in [0, 0.05) is 18.7 Å². The van der Waals surface area contributed by atoms with E-state index in [4.69, 9.17) is 0 Å². The van der Waals surface area contributed by atoms with Crippen molar-refractivity contribution >= 4 is 11.6 Å². The number of amides is 1. The van der Waals surface area contributed by atoms with Crippen LogP contribution in [0.1, 0.15) is 36.5 Å². The monoisotopic (exact) mass is 328 g/mol. The second-order valence-corrected chi connectivity index (χ2v) is 5.48. The van der Waals surface area contributed by atoms with Gasteiger partial charge in [-0.3, -0.25) is 14.9 Å². The van der Waals surface area contributed by atoms with E-state index in [1.54, 1.807) is 0 Å². The summed E-state index contributed by atoms with van der Waals surface area (Å²) in [6.07, 6.45) is -0.258. The molecule has 0 saturated carbocycles. The van der Waals surface area contributed by atoms with Gasteiger partial charge in [-0.25, -0.2) is 0 Å². The summed E-state index contributed by atoms with van der Waals surface area (Å²) >= 11 is 0. The number of rotatable bonds is 7. The van der Waals surface area contributed by atoms with Crippen LogP contribution in [0.3, 0.4) is 0 Å². The van der Waals surface area contributed by atoms with E-state index in [0.29, 0.717) is 12.0 Å². The molecule has 24 heavy (non-hydrogen) atoms. The van der Waals surface area contributed by atoms with E-state index in [2.05, 4.69) is 5.32 Å². The molecule has 0 spiro atoms. The highest BCUT2D eigenvalue weighted by molar-refractivity contribution is 5.83. The number of carbonyl (C=O) groups excluding carboxylic acids is 1. The van der Waals surface area contributed by atoms with Crippen LogP contribution in [0.2, 0.25) is 0 Å². The molecule has 2 atom stereocenters. The third-order valence-corrected chi connectivity index (χ3v) is 3.89. The van der Waals surface area contributed by atoms with Crippen molar-refractivity contribution in [1.29, 1.82) is 0 Å². The van der Waals surface area contributed by atoms with E-state index >= 15 is 0 Å². The van der Waals surface area contributed by atoms with Crippen molar-refractivity contribution in [2.24, 2.45) is 0 Å². The Labute approximate surface area is 140 Å². The molecular weight excluding hydrogens is 308 g/mol. The molecule has 0 aliphatic heterocycles. The Balaban J connectivity index is 1.96. The third kappa shape index (κ3) is 4.39. The fraction of sp³-hybridized carbons (Fsp3) is 0.278. The van der Waals surface area contributed by atoms with Crippen LogP contribution in [0.5, 0.6) is 0 Å². The molecule has 2 aromatic rings. The lowest BCUT2D eigenvalue weighted by Crippen LogP contribution is -2.32. The van der Waals surface area contributed by atoms with E-state index in [-0.39, 0.29) is 24.1 Å².